The van der Waals surface area contributed by atoms with Crippen LogP contribution < -0.4 is 4.74 Å². The van der Waals surface area contributed by atoms with Crippen molar-refractivity contribution in [2.45, 2.75) is 13.2 Å². The third-order valence-corrected chi connectivity index (χ3v) is 3.38. The molecule has 0 saturated carbocycles. The van der Waals surface area contributed by atoms with Gasteiger partial charge in [0.05, 0.1) is 7.11 Å². The van der Waals surface area contributed by atoms with Gasteiger partial charge in [0.1, 0.15) is 30.5 Å². The van der Waals surface area contributed by atoms with E-state index in [0.717, 1.165) is 0 Å². The normalized spacial score (nSPS) is 10.3. The maximum Gasteiger partial charge on any atom is 0.374 e. The molecule has 0 N–H and O–H groups in total. The quantitative estimate of drug-likeness (QED) is 0.598. The first-order valence-electron chi connectivity index (χ1n) is 7.76. The van der Waals surface area contributed by atoms with Crippen LogP contribution in [0.15, 0.2) is 63.4 Å². The summed E-state index contributed by atoms with van der Waals surface area (Å²) < 4.78 is 25.8. The second kappa shape index (κ2) is 8.06. The fourth-order valence-electron chi connectivity index (χ4n) is 2.11. The summed E-state index contributed by atoms with van der Waals surface area (Å²) >= 11 is 0. The Morgan fingerprint density at radius 3 is 2.08 bits per heavy atom. The van der Waals surface area contributed by atoms with Gasteiger partial charge in [-0.2, -0.15) is 0 Å². The van der Waals surface area contributed by atoms with Gasteiger partial charge in [-0.15, -0.1) is 0 Å². The molecule has 0 spiro atoms. The second-order valence-electron chi connectivity index (χ2n) is 5.20. The van der Waals surface area contributed by atoms with Gasteiger partial charge in [-0.1, -0.05) is 18.2 Å². The van der Waals surface area contributed by atoms with Crippen LogP contribution in [-0.4, -0.2) is 19.0 Å². The van der Waals surface area contributed by atoms with E-state index in [1.54, 1.807) is 6.07 Å². The molecule has 0 saturated heterocycles. The molecule has 0 unspecified atom stereocenters. The van der Waals surface area contributed by atoms with E-state index in [2.05, 4.69) is 4.74 Å². The van der Waals surface area contributed by atoms with E-state index in [4.69, 9.17) is 18.3 Å². The van der Waals surface area contributed by atoms with E-state index in [1.807, 2.05) is 30.3 Å². The van der Waals surface area contributed by atoms with E-state index in [9.17, 15) is 9.59 Å². The Hall–Kier alpha value is -3.48. The van der Waals surface area contributed by atoms with Gasteiger partial charge in [0.2, 0.25) is 11.5 Å². The number of furan rings is 2. The maximum atomic E-state index is 12.0. The average Bonchev–Trinajstić information content (AvgIpc) is 3.34. The third-order valence-electron chi connectivity index (χ3n) is 3.38. The number of methoxy groups -OCH3 is 1. The van der Waals surface area contributed by atoms with Crippen molar-refractivity contribution in [1.29, 1.82) is 0 Å². The van der Waals surface area contributed by atoms with Gasteiger partial charge in [0.15, 0.2) is 0 Å². The van der Waals surface area contributed by atoms with E-state index in [0.29, 0.717) is 17.3 Å². The monoisotopic (exact) mass is 356 g/mol. The van der Waals surface area contributed by atoms with Gasteiger partial charge >= 0.3 is 11.9 Å². The molecule has 26 heavy (non-hydrogen) atoms. The SMILES string of the molecule is COC(=O)c1ccc(COC(=O)c2ccc(COc3ccccc3)o2)o1. The minimum absolute atomic E-state index is 0.0388. The highest BCUT2D eigenvalue weighted by molar-refractivity contribution is 5.87. The van der Waals surface area contributed by atoms with Crippen molar-refractivity contribution in [1.82, 2.24) is 0 Å². The van der Waals surface area contributed by atoms with Gasteiger partial charge in [0.25, 0.3) is 0 Å². The Morgan fingerprint density at radius 2 is 1.42 bits per heavy atom. The lowest BCUT2D eigenvalue weighted by molar-refractivity contribution is 0.0400. The highest BCUT2D eigenvalue weighted by Gasteiger charge is 2.16. The maximum absolute atomic E-state index is 12.0. The third kappa shape index (κ3) is 4.32. The van der Waals surface area contributed by atoms with Crippen LogP contribution in [0, 0.1) is 0 Å². The first kappa shape index (κ1) is 17.3. The first-order valence-corrected chi connectivity index (χ1v) is 7.76. The Kier molecular flexibility index (Phi) is 5.38. The van der Waals surface area contributed by atoms with Crippen molar-refractivity contribution in [2.24, 2.45) is 0 Å². The minimum atomic E-state index is -0.646. The molecule has 0 aliphatic carbocycles. The van der Waals surface area contributed by atoms with Gasteiger partial charge in [-0.3, -0.25) is 0 Å². The Bertz CT molecular complexity index is 876. The van der Waals surface area contributed by atoms with Crippen LogP contribution in [0.2, 0.25) is 0 Å². The summed E-state index contributed by atoms with van der Waals surface area (Å²) in [6.07, 6.45) is 0. The zero-order chi connectivity index (χ0) is 18.4. The van der Waals surface area contributed by atoms with Crippen molar-refractivity contribution >= 4 is 11.9 Å². The summed E-state index contributed by atoms with van der Waals surface area (Å²) in [6, 6.07) is 15.4. The van der Waals surface area contributed by atoms with Gasteiger partial charge in [-0.05, 0) is 36.4 Å². The van der Waals surface area contributed by atoms with E-state index in [-0.39, 0.29) is 24.7 Å². The van der Waals surface area contributed by atoms with Crippen LogP contribution >= 0.6 is 0 Å². The summed E-state index contributed by atoms with van der Waals surface area (Å²) in [6.45, 7) is 0.0599. The van der Waals surface area contributed by atoms with Crippen molar-refractivity contribution in [2.75, 3.05) is 7.11 Å². The van der Waals surface area contributed by atoms with Gasteiger partial charge in [-0.25, -0.2) is 9.59 Å². The molecule has 2 heterocycles. The number of rotatable bonds is 7. The fraction of sp³-hybridized carbons (Fsp3) is 0.158. The molecule has 7 nitrogen and oxygen atoms in total. The van der Waals surface area contributed by atoms with Crippen molar-refractivity contribution < 1.29 is 32.6 Å². The largest absolute Gasteiger partial charge is 0.486 e. The van der Waals surface area contributed by atoms with E-state index < -0.39 is 11.9 Å². The second-order valence-corrected chi connectivity index (χ2v) is 5.20. The summed E-state index contributed by atoms with van der Waals surface area (Å²) in [5, 5.41) is 0. The lowest BCUT2D eigenvalue weighted by atomic mass is 10.3. The average molecular weight is 356 g/mol. The molecule has 3 aromatic rings. The zero-order valence-electron chi connectivity index (χ0n) is 14.0. The number of carbonyl (C=O) groups is 2. The minimum Gasteiger partial charge on any atom is -0.486 e. The molecule has 3 rings (SSSR count). The van der Waals surface area contributed by atoms with Crippen molar-refractivity contribution in [3.05, 3.63) is 77.6 Å². The molecule has 0 fully saturated rings. The molecule has 0 bridgehead atoms. The van der Waals surface area contributed by atoms with Crippen LogP contribution in [0.1, 0.15) is 32.6 Å². The summed E-state index contributed by atoms with van der Waals surface area (Å²) in [5.74, 6) is 0.355. The smallest absolute Gasteiger partial charge is 0.374 e. The fourth-order valence-corrected chi connectivity index (χ4v) is 2.11. The number of para-hydroxylation sites is 1. The molecule has 134 valence electrons. The summed E-state index contributed by atoms with van der Waals surface area (Å²) in [4.78, 5) is 23.3. The highest BCUT2D eigenvalue weighted by atomic mass is 16.6. The molecule has 0 aliphatic heterocycles. The zero-order valence-corrected chi connectivity index (χ0v) is 14.0. The van der Waals surface area contributed by atoms with E-state index in [1.165, 1.54) is 25.3 Å². The Morgan fingerprint density at radius 1 is 0.808 bits per heavy atom. The number of hydrogen-bond acceptors (Lipinski definition) is 7. The molecule has 2 aromatic heterocycles. The van der Waals surface area contributed by atoms with Crippen LogP contribution in [-0.2, 0) is 22.7 Å². The van der Waals surface area contributed by atoms with Crippen LogP contribution in [0.25, 0.3) is 0 Å². The number of esters is 2. The standard InChI is InChI=1S/C19H16O7/c1-22-18(20)16-9-7-15(25-16)12-24-19(21)17-10-8-14(26-17)11-23-13-5-3-2-4-6-13/h2-10H,11-12H2,1H3. The van der Waals surface area contributed by atoms with Crippen molar-refractivity contribution in [3.8, 4) is 5.75 Å². The molecule has 7 heteroatoms. The molecule has 0 radical (unpaired) electrons. The molecule has 0 atom stereocenters. The van der Waals surface area contributed by atoms with Crippen LogP contribution in [0.5, 0.6) is 5.75 Å². The first-order chi connectivity index (χ1) is 12.7. The van der Waals surface area contributed by atoms with Gasteiger partial charge in [0, 0.05) is 0 Å². The highest BCUT2D eigenvalue weighted by Crippen LogP contribution is 2.16. The number of benzene rings is 1. The van der Waals surface area contributed by atoms with E-state index >= 15 is 0 Å². The number of hydrogen-bond donors (Lipinski definition) is 0. The molecular weight excluding hydrogens is 340 g/mol. The number of carbonyl (C=O) groups excluding carboxylic acids is 2. The van der Waals surface area contributed by atoms with Crippen LogP contribution in [0.3, 0.4) is 0 Å². The molecule has 1 aromatic carbocycles. The predicted molar refractivity (Wildman–Crippen MR) is 88.6 cm³/mol. The molecular formula is C19H16O7. The van der Waals surface area contributed by atoms with Crippen molar-refractivity contribution in [3.63, 3.8) is 0 Å². The topological polar surface area (TPSA) is 88.1 Å². The van der Waals surface area contributed by atoms with Crippen LogP contribution in [0.4, 0.5) is 0 Å². The lowest BCUT2D eigenvalue weighted by Crippen LogP contribution is -2.04. The van der Waals surface area contributed by atoms with Gasteiger partial charge < -0.3 is 23.0 Å². The summed E-state index contributed by atoms with van der Waals surface area (Å²) in [7, 11) is 1.25. The predicted octanol–water partition coefficient (Wildman–Crippen LogP) is 3.60. The Labute approximate surface area is 149 Å². The number of ether oxygens (including phenoxy) is 3. The summed E-state index contributed by atoms with van der Waals surface area (Å²) in [5.41, 5.74) is 0. The molecule has 0 amide bonds. The lowest BCUT2D eigenvalue weighted by Gasteiger charge is -2.03. The Balaban J connectivity index is 1.51. The molecule has 0 aliphatic rings.